The summed E-state index contributed by atoms with van der Waals surface area (Å²) in [5.74, 6) is -1.96. The van der Waals surface area contributed by atoms with Crippen molar-refractivity contribution in [1.82, 2.24) is 9.91 Å². The Morgan fingerprint density at radius 1 is 1.00 bits per heavy atom. The van der Waals surface area contributed by atoms with E-state index in [1.165, 1.54) is 4.90 Å². The second-order valence-corrected chi connectivity index (χ2v) is 7.85. The molecule has 0 saturated carbocycles. The van der Waals surface area contributed by atoms with Crippen LogP contribution < -0.4 is 0 Å². The van der Waals surface area contributed by atoms with Crippen LogP contribution in [0.4, 0.5) is 0 Å². The van der Waals surface area contributed by atoms with E-state index in [2.05, 4.69) is 5.10 Å². The van der Waals surface area contributed by atoms with Gasteiger partial charge in [-0.1, -0.05) is 54.1 Å². The number of carbonyl (C=O) groups excluding carboxylic acids is 3. The SMILES string of the molecule is CCN1C(=O)[C@@H]2[C@@H](C1=O)[C@@H]1c3ccccc3C=NN1[C@@H]2C(=O)c1ccc(C)cc1. The molecule has 3 aliphatic rings. The van der Waals surface area contributed by atoms with Gasteiger partial charge in [0.15, 0.2) is 5.78 Å². The van der Waals surface area contributed by atoms with E-state index in [1.54, 1.807) is 30.3 Å². The van der Waals surface area contributed by atoms with E-state index in [0.717, 1.165) is 16.7 Å². The maximum atomic E-state index is 13.5. The molecule has 3 aliphatic heterocycles. The number of amides is 2. The number of ketones is 1. The van der Waals surface area contributed by atoms with Crippen molar-refractivity contribution in [3.8, 4) is 0 Å². The number of likely N-dealkylation sites (tertiary alicyclic amines) is 1. The van der Waals surface area contributed by atoms with Crippen molar-refractivity contribution < 1.29 is 14.4 Å². The van der Waals surface area contributed by atoms with E-state index in [4.69, 9.17) is 0 Å². The van der Waals surface area contributed by atoms with Crippen LogP contribution in [0, 0.1) is 18.8 Å². The number of benzene rings is 2. The summed E-state index contributed by atoms with van der Waals surface area (Å²) in [6.07, 6.45) is 1.72. The van der Waals surface area contributed by atoms with Crippen molar-refractivity contribution in [2.45, 2.75) is 25.9 Å². The third-order valence-electron chi connectivity index (χ3n) is 6.31. The number of carbonyl (C=O) groups is 3. The minimum atomic E-state index is -0.787. The Bertz CT molecular complexity index is 1060. The highest BCUT2D eigenvalue weighted by Gasteiger charge is 2.64. The monoisotopic (exact) mass is 387 g/mol. The van der Waals surface area contributed by atoms with Gasteiger partial charge in [-0.3, -0.25) is 24.3 Å². The van der Waals surface area contributed by atoms with Gasteiger partial charge in [-0.2, -0.15) is 5.10 Å². The van der Waals surface area contributed by atoms with Crippen molar-refractivity contribution in [2.24, 2.45) is 16.9 Å². The molecule has 0 aromatic heterocycles. The second kappa shape index (κ2) is 6.37. The van der Waals surface area contributed by atoms with Gasteiger partial charge in [0.05, 0.1) is 24.1 Å². The van der Waals surface area contributed by atoms with Gasteiger partial charge < -0.3 is 0 Å². The molecular formula is C23H21N3O3. The van der Waals surface area contributed by atoms with Crippen molar-refractivity contribution >= 4 is 23.8 Å². The second-order valence-electron chi connectivity index (χ2n) is 7.85. The molecule has 2 aromatic rings. The zero-order valence-electron chi connectivity index (χ0n) is 16.3. The molecule has 29 heavy (non-hydrogen) atoms. The molecule has 0 spiro atoms. The maximum absolute atomic E-state index is 13.5. The zero-order chi connectivity index (χ0) is 20.3. The third kappa shape index (κ3) is 2.41. The Balaban J connectivity index is 1.65. The largest absolute Gasteiger partial charge is 0.292 e. The first-order valence-electron chi connectivity index (χ1n) is 9.90. The van der Waals surface area contributed by atoms with Crippen LogP contribution in [-0.4, -0.2) is 46.3 Å². The predicted octanol–water partition coefficient (Wildman–Crippen LogP) is 2.57. The summed E-state index contributed by atoms with van der Waals surface area (Å²) in [7, 11) is 0. The van der Waals surface area contributed by atoms with Gasteiger partial charge in [0.2, 0.25) is 11.8 Å². The molecule has 146 valence electrons. The number of imide groups is 1. The molecule has 2 aromatic carbocycles. The number of Topliss-reactive ketones (excluding diaryl/α,β-unsaturated/α-hetero) is 1. The summed E-state index contributed by atoms with van der Waals surface area (Å²) < 4.78 is 0. The van der Waals surface area contributed by atoms with E-state index < -0.39 is 23.9 Å². The molecule has 6 heteroatoms. The van der Waals surface area contributed by atoms with Gasteiger partial charge in [-0.25, -0.2) is 0 Å². The standard InChI is InChI=1S/C23H21N3O3/c1-3-25-22(28)17-18(23(25)29)20(21(27)14-10-8-13(2)9-11-14)26-19(17)16-7-5-4-6-15(16)12-24-26/h4-12,17-20H,3H2,1-2H3/t17-,18-,19+,20+/m1/s1. The molecule has 0 unspecified atom stereocenters. The Labute approximate surface area is 168 Å². The molecule has 2 saturated heterocycles. The lowest BCUT2D eigenvalue weighted by Gasteiger charge is -2.33. The smallest absolute Gasteiger partial charge is 0.235 e. The van der Waals surface area contributed by atoms with Crippen LogP contribution in [0.25, 0.3) is 0 Å². The topological polar surface area (TPSA) is 70.1 Å². The van der Waals surface area contributed by atoms with Crippen molar-refractivity contribution in [1.29, 1.82) is 0 Å². The molecule has 2 amide bonds. The number of hydrogen-bond acceptors (Lipinski definition) is 5. The number of rotatable bonds is 3. The quantitative estimate of drug-likeness (QED) is 0.600. The van der Waals surface area contributed by atoms with Gasteiger partial charge in [0.25, 0.3) is 0 Å². The van der Waals surface area contributed by atoms with E-state index >= 15 is 0 Å². The summed E-state index contributed by atoms with van der Waals surface area (Å²) in [5, 5.41) is 6.24. The number of hydrazone groups is 1. The van der Waals surface area contributed by atoms with E-state index in [9.17, 15) is 14.4 Å². The summed E-state index contributed by atoms with van der Waals surface area (Å²) in [6.45, 7) is 4.06. The van der Waals surface area contributed by atoms with E-state index in [1.807, 2.05) is 43.3 Å². The Kier molecular flexibility index (Phi) is 3.91. The van der Waals surface area contributed by atoms with Crippen LogP contribution in [-0.2, 0) is 9.59 Å². The number of hydrogen-bond donors (Lipinski definition) is 0. The Hall–Kier alpha value is -3.28. The van der Waals surface area contributed by atoms with Gasteiger partial charge in [-0.15, -0.1) is 0 Å². The van der Waals surface area contributed by atoms with E-state index in [0.29, 0.717) is 12.1 Å². The van der Waals surface area contributed by atoms with Gasteiger partial charge in [-0.05, 0) is 25.0 Å². The molecular weight excluding hydrogens is 366 g/mol. The van der Waals surface area contributed by atoms with Crippen molar-refractivity contribution in [3.05, 3.63) is 70.8 Å². The molecule has 2 fully saturated rings. The summed E-state index contributed by atoms with van der Waals surface area (Å²) >= 11 is 0. The highest BCUT2D eigenvalue weighted by molar-refractivity contribution is 6.12. The molecule has 6 nitrogen and oxygen atoms in total. The lowest BCUT2D eigenvalue weighted by Crippen LogP contribution is -2.44. The van der Waals surface area contributed by atoms with Crippen LogP contribution in [0.5, 0.6) is 0 Å². The summed E-state index contributed by atoms with van der Waals surface area (Å²) in [5.41, 5.74) is 3.45. The fourth-order valence-electron chi connectivity index (χ4n) is 4.93. The van der Waals surface area contributed by atoms with Gasteiger partial charge >= 0.3 is 0 Å². The fraction of sp³-hybridized carbons (Fsp3) is 0.304. The first-order valence-corrected chi connectivity index (χ1v) is 9.90. The van der Waals surface area contributed by atoms with Crippen LogP contribution in [0.3, 0.4) is 0 Å². The average Bonchev–Trinajstić information content (AvgIpc) is 3.21. The minimum absolute atomic E-state index is 0.168. The lowest BCUT2D eigenvalue weighted by atomic mass is 9.83. The normalized spacial score (nSPS) is 27.1. The molecule has 5 rings (SSSR count). The molecule has 0 aliphatic carbocycles. The highest BCUT2D eigenvalue weighted by Crippen LogP contribution is 2.52. The minimum Gasteiger partial charge on any atom is -0.292 e. The fourth-order valence-corrected chi connectivity index (χ4v) is 4.93. The molecule has 3 heterocycles. The summed E-state index contributed by atoms with van der Waals surface area (Å²) in [4.78, 5) is 41.1. The van der Waals surface area contributed by atoms with Crippen molar-refractivity contribution in [3.63, 3.8) is 0 Å². The molecule has 0 bridgehead atoms. The Morgan fingerprint density at radius 3 is 2.41 bits per heavy atom. The predicted molar refractivity (Wildman–Crippen MR) is 107 cm³/mol. The van der Waals surface area contributed by atoms with Crippen LogP contribution in [0.1, 0.15) is 40.0 Å². The first kappa shape index (κ1) is 17.8. The zero-order valence-corrected chi connectivity index (χ0v) is 16.3. The van der Waals surface area contributed by atoms with E-state index in [-0.39, 0.29) is 17.6 Å². The number of fused-ring (bicyclic) bond motifs is 5. The third-order valence-corrected chi connectivity index (χ3v) is 6.31. The first-order chi connectivity index (χ1) is 14.0. The molecule has 4 atom stereocenters. The van der Waals surface area contributed by atoms with Crippen LogP contribution in [0.2, 0.25) is 0 Å². The number of aryl methyl sites for hydroxylation is 1. The lowest BCUT2D eigenvalue weighted by molar-refractivity contribution is -0.141. The van der Waals surface area contributed by atoms with Crippen LogP contribution >= 0.6 is 0 Å². The molecule has 0 radical (unpaired) electrons. The van der Waals surface area contributed by atoms with Crippen molar-refractivity contribution in [2.75, 3.05) is 6.54 Å². The van der Waals surface area contributed by atoms with Crippen LogP contribution in [0.15, 0.2) is 53.6 Å². The average molecular weight is 387 g/mol. The Morgan fingerprint density at radius 2 is 1.69 bits per heavy atom. The number of nitrogens with zero attached hydrogens (tertiary/aromatic N) is 3. The van der Waals surface area contributed by atoms with Gasteiger partial charge in [0.1, 0.15) is 6.04 Å². The maximum Gasteiger partial charge on any atom is 0.235 e. The van der Waals surface area contributed by atoms with Gasteiger partial charge in [0, 0.05) is 12.1 Å². The molecule has 0 N–H and O–H groups in total. The summed E-state index contributed by atoms with van der Waals surface area (Å²) in [6, 6.07) is 13.9. The highest BCUT2D eigenvalue weighted by atomic mass is 16.2.